The Morgan fingerprint density at radius 1 is 1.60 bits per heavy atom. The summed E-state index contributed by atoms with van der Waals surface area (Å²) in [6, 6.07) is 4.80. The van der Waals surface area contributed by atoms with E-state index in [-0.39, 0.29) is 0 Å². The van der Waals surface area contributed by atoms with Crippen LogP contribution >= 0.6 is 0 Å². The van der Waals surface area contributed by atoms with Crippen molar-refractivity contribution in [2.75, 3.05) is 11.4 Å². The maximum absolute atomic E-state index is 5.58. The second kappa shape index (κ2) is 4.45. The van der Waals surface area contributed by atoms with Crippen molar-refractivity contribution >= 4 is 5.69 Å². The van der Waals surface area contributed by atoms with Crippen molar-refractivity contribution < 1.29 is 0 Å². The number of hydrogen-bond donors (Lipinski definition) is 1. The van der Waals surface area contributed by atoms with Gasteiger partial charge < -0.3 is 10.6 Å². The highest BCUT2D eigenvalue weighted by atomic mass is 15.2. The van der Waals surface area contributed by atoms with E-state index in [1.54, 1.807) is 0 Å². The van der Waals surface area contributed by atoms with Crippen LogP contribution < -0.4 is 10.6 Å². The van der Waals surface area contributed by atoms with Gasteiger partial charge in [-0.15, -0.1) is 6.58 Å². The van der Waals surface area contributed by atoms with Crippen LogP contribution in [0.15, 0.2) is 31.0 Å². The molecule has 2 rings (SSSR count). The molecule has 3 heteroatoms. The lowest BCUT2D eigenvalue weighted by Gasteiger charge is -2.23. The molecule has 0 atom stereocenters. The standard InChI is InChI=1S/C12H17N3/c1-2-7-15(11-3-4-11)12-5-6-14-10(8-12)9-13/h2,5-6,8,11H,1,3-4,7,9,13H2. The average Bonchev–Trinajstić information content (AvgIpc) is 3.10. The van der Waals surface area contributed by atoms with Crippen LogP contribution in [-0.4, -0.2) is 17.6 Å². The monoisotopic (exact) mass is 203 g/mol. The van der Waals surface area contributed by atoms with Gasteiger partial charge >= 0.3 is 0 Å². The number of nitrogens with two attached hydrogens (primary N) is 1. The van der Waals surface area contributed by atoms with Gasteiger partial charge in [-0.3, -0.25) is 4.98 Å². The van der Waals surface area contributed by atoms with Gasteiger partial charge in [-0.1, -0.05) is 6.08 Å². The van der Waals surface area contributed by atoms with Crippen LogP contribution in [0, 0.1) is 0 Å². The molecule has 1 fully saturated rings. The smallest absolute Gasteiger partial charge is 0.0560 e. The SMILES string of the molecule is C=CCN(c1ccnc(CN)c1)C1CC1. The average molecular weight is 203 g/mol. The zero-order chi connectivity index (χ0) is 10.7. The zero-order valence-corrected chi connectivity index (χ0v) is 8.89. The molecule has 1 heterocycles. The molecule has 0 radical (unpaired) electrons. The van der Waals surface area contributed by atoms with Gasteiger partial charge in [-0.2, -0.15) is 0 Å². The predicted octanol–water partition coefficient (Wildman–Crippen LogP) is 1.70. The molecule has 80 valence electrons. The topological polar surface area (TPSA) is 42.2 Å². The highest BCUT2D eigenvalue weighted by Gasteiger charge is 2.28. The predicted molar refractivity (Wildman–Crippen MR) is 62.7 cm³/mol. The van der Waals surface area contributed by atoms with Crippen LogP contribution in [0.4, 0.5) is 5.69 Å². The minimum absolute atomic E-state index is 0.500. The zero-order valence-electron chi connectivity index (χ0n) is 8.89. The molecule has 0 aliphatic heterocycles. The van der Waals surface area contributed by atoms with Crippen molar-refractivity contribution in [1.82, 2.24) is 4.98 Å². The summed E-state index contributed by atoms with van der Waals surface area (Å²) < 4.78 is 0. The first kappa shape index (κ1) is 10.2. The van der Waals surface area contributed by atoms with E-state index in [0.29, 0.717) is 12.6 Å². The van der Waals surface area contributed by atoms with Crippen molar-refractivity contribution in [3.63, 3.8) is 0 Å². The van der Waals surface area contributed by atoms with Crippen molar-refractivity contribution in [2.24, 2.45) is 5.73 Å². The maximum Gasteiger partial charge on any atom is 0.0560 e. The summed E-state index contributed by atoms with van der Waals surface area (Å²) in [6.07, 6.45) is 6.35. The molecule has 0 aromatic carbocycles. The Kier molecular flexibility index (Phi) is 3.02. The second-order valence-corrected chi connectivity index (χ2v) is 3.88. The Morgan fingerprint density at radius 3 is 3.00 bits per heavy atom. The second-order valence-electron chi connectivity index (χ2n) is 3.88. The minimum Gasteiger partial charge on any atom is -0.365 e. The van der Waals surface area contributed by atoms with Crippen LogP contribution in [-0.2, 0) is 6.54 Å². The summed E-state index contributed by atoms with van der Waals surface area (Å²) in [4.78, 5) is 6.57. The van der Waals surface area contributed by atoms with Gasteiger partial charge in [-0.25, -0.2) is 0 Å². The van der Waals surface area contributed by atoms with Crippen LogP contribution in [0.2, 0.25) is 0 Å². The molecule has 1 aromatic heterocycles. The van der Waals surface area contributed by atoms with Crippen molar-refractivity contribution in [1.29, 1.82) is 0 Å². The fourth-order valence-electron chi connectivity index (χ4n) is 1.75. The molecule has 15 heavy (non-hydrogen) atoms. The molecule has 1 aromatic rings. The first-order valence-electron chi connectivity index (χ1n) is 5.37. The van der Waals surface area contributed by atoms with Gasteiger partial charge in [0.05, 0.1) is 5.69 Å². The Morgan fingerprint density at radius 2 is 2.40 bits per heavy atom. The molecule has 2 N–H and O–H groups in total. The van der Waals surface area contributed by atoms with Crippen LogP contribution in [0.1, 0.15) is 18.5 Å². The number of nitrogens with zero attached hydrogens (tertiary/aromatic N) is 2. The minimum atomic E-state index is 0.500. The molecule has 1 aliphatic rings. The van der Waals surface area contributed by atoms with E-state index in [0.717, 1.165) is 12.2 Å². The Balaban J connectivity index is 2.20. The third kappa shape index (κ3) is 2.36. The van der Waals surface area contributed by atoms with Gasteiger partial charge in [0.1, 0.15) is 0 Å². The fourth-order valence-corrected chi connectivity index (χ4v) is 1.75. The van der Waals surface area contributed by atoms with Crippen molar-refractivity contribution in [2.45, 2.75) is 25.4 Å². The highest BCUT2D eigenvalue weighted by molar-refractivity contribution is 5.49. The van der Waals surface area contributed by atoms with E-state index in [1.165, 1.54) is 18.5 Å². The third-order valence-corrected chi connectivity index (χ3v) is 2.65. The highest BCUT2D eigenvalue weighted by Crippen LogP contribution is 2.31. The summed E-state index contributed by atoms with van der Waals surface area (Å²) in [7, 11) is 0. The van der Waals surface area contributed by atoms with Crippen molar-refractivity contribution in [3.8, 4) is 0 Å². The lowest BCUT2D eigenvalue weighted by atomic mass is 10.2. The Labute approximate surface area is 90.6 Å². The fraction of sp³-hybridized carbons (Fsp3) is 0.417. The number of aromatic nitrogens is 1. The van der Waals surface area contributed by atoms with Gasteiger partial charge in [0.15, 0.2) is 0 Å². The van der Waals surface area contributed by atoms with Gasteiger partial charge in [0.2, 0.25) is 0 Å². The first-order chi connectivity index (χ1) is 7.35. The molecule has 0 unspecified atom stereocenters. The molecular formula is C12H17N3. The molecule has 0 bridgehead atoms. The normalized spacial score (nSPS) is 15.0. The lowest BCUT2D eigenvalue weighted by Crippen LogP contribution is -2.25. The molecule has 0 saturated heterocycles. The first-order valence-corrected chi connectivity index (χ1v) is 5.37. The quantitative estimate of drug-likeness (QED) is 0.740. The van der Waals surface area contributed by atoms with E-state index in [1.807, 2.05) is 18.3 Å². The molecule has 3 nitrogen and oxygen atoms in total. The summed E-state index contributed by atoms with van der Waals surface area (Å²) in [5.74, 6) is 0. The lowest BCUT2D eigenvalue weighted by molar-refractivity contribution is 0.854. The molecular weight excluding hydrogens is 186 g/mol. The maximum atomic E-state index is 5.58. The number of rotatable bonds is 5. The van der Waals surface area contributed by atoms with E-state index in [9.17, 15) is 0 Å². The van der Waals surface area contributed by atoms with Crippen molar-refractivity contribution in [3.05, 3.63) is 36.7 Å². The van der Waals surface area contributed by atoms with E-state index in [2.05, 4.69) is 22.5 Å². The number of anilines is 1. The molecule has 1 aliphatic carbocycles. The van der Waals surface area contributed by atoms with E-state index < -0.39 is 0 Å². The Hall–Kier alpha value is -1.35. The number of hydrogen-bond acceptors (Lipinski definition) is 3. The molecule has 1 saturated carbocycles. The summed E-state index contributed by atoms with van der Waals surface area (Å²) >= 11 is 0. The van der Waals surface area contributed by atoms with Gasteiger partial charge in [0.25, 0.3) is 0 Å². The summed E-state index contributed by atoms with van der Waals surface area (Å²) in [5, 5.41) is 0. The summed E-state index contributed by atoms with van der Waals surface area (Å²) in [6.45, 7) is 5.20. The van der Waals surface area contributed by atoms with Gasteiger partial charge in [0, 0.05) is 31.0 Å². The van der Waals surface area contributed by atoms with Gasteiger partial charge in [-0.05, 0) is 25.0 Å². The Bertz CT molecular complexity index is 344. The van der Waals surface area contributed by atoms with E-state index >= 15 is 0 Å². The molecule has 0 spiro atoms. The molecule has 0 amide bonds. The van der Waals surface area contributed by atoms with E-state index in [4.69, 9.17) is 5.73 Å². The van der Waals surface area contributed by atoms with Crippen LogP contribution in [0.5, 0.6) is 0 Å². The number of pyridine rings is 1. The van der Waals surface area contributed by atoms with Crippen LogP contribution in [0.25, 0.3) is 0 Å². The largest absolute Gasteiger partial charge is 0.365 e. The summed E-state index contributed by atoms with van der Waals surface area (Å²) in [5.41, 5.74) is 7.75. The third-order valence-electron chi connectivity index (χ3n) is 2.65. The van der Waals surface area contributed by atoms with Crippen LogP contribution in [0.3, 0.4) is 0 Å².